The molecule has 0 bridgehead atoms. The summed E-state index contributed by atoms with van der Waals surface area (Å²) in [5.74, 6) is 0.798. The van der Waals surface area contributed by atoms with Crippen LogP contribution in [0.15, 0.2) is 54.2 Å². The number of nitrogens with zero attached hydrogens (tertiary/aromatic N) is 5. The average molecular weight is 330 g/mol. The van der Waals surface area contributed by atoms with Crippen LogP contribution in [0, 0.1) is 22.7 Å². The van der Waals surface area contributed by atoms with Gasteiger partial charge in [0.1, 0.15) is 34.5 Å². The smallest absolute Gasteiger partial charge is 0.145 e. The van der Waals surface area contributed by atoms with Crippen LogP contribution in [0.5, 0.6) is 5.75 Å². The van der Waals surface area contributed by atoms with Gasteiger partial charge in [0, 0.05) is 11.9 Å². The Bertz CT molecular complexity index is 989. The van der Waals surface area contributed by atoms with E-state index >= 15 is 0 Å². The summed E-state index contributed by atoms with van der Waals surface area (Å²) in [4.78, 5) is 1.55. The summed E-state index contributed by atoms with van der Waals surface area (Å²) in [6.07, 6.45) is 1.36. The summed E-state index contributed by atoms with van der Waals surface area (Å²) in [6, 6.07) is 16.5. The van der Waals surface area contributed by atoms with Crippen LogP contribution in [0.25, 0.3) is 16.7 Å². The minimum atomic E-state index is -0.00172. The number of nitriles is 2. The Morgan fingerprint density at radius 1 is 1.12 bits per heavy atom. The Labute approximate surface area is 144 Å². The second kappa shape index (κ2) is 7.16. The zero-order chi connectivity index (χ0) is 17.6. The van der Waals surface area contributed by atoms with Crippen molar-refractivity contribution in [3.05, 3.63) is 54.2 Å². The number of nitrogens with one attached hydrogen (secondary N) is 1. The number of anilines is 1. The van der Waals surface area contributed by atoms with Crippen molar-refractivity contribution >= 4 is 16.7 Å². The van der Waals surface area contributed by atoms with Crippen LogP contribution in [0.3, 0.4) is 0 Å². The third kappa shape index (κ3) is 3.57. The summed E-state index contributed by atoms with van der Waals surface area (Å²) < 4.78 is 5.43. The molecule has 25 heavy (non-hydrogen) atoms. The van der Waals surface area contributed by atoms with Crippen LogP contribution in [0.1, 0.15) is 6.92 Å². The molecule has 3 rings (SSSR count). The van der Waals surface area contributed by atoms with Gasteiger partial charge in [0.2, 0.25) is 0 Å². The third-order valence-electron chi connectivity index (χ3n) is 3.38. The van der Waals surface area contributed by atoms with E-state index in [-0.39, 0.29) is 5.57 Å². The number of benzene rings is 2. The standard InChI is InChI=1S/C18H14N6O/c1-2-25-16-6-4-15(5-7-16)24-22-17-8-3-14(9-18(17)23-24)21-12-13(10-19)11-20/h3-9,12,21H,2H2,1H3. The highest BCUT2D eigenvalue weighted by atomic mass is 16.5. The average Bonchev–Trinajstić information content (AvgIpc) is 3.07. The summed E-state index contributed by atoms with van der Waals surface area (Å²) >= 11 is 0. The van der Waals surface area contributed by atoms with Crippen molar-refractivity contribution in [1.82, 2.24) is 15.0 Å². The number of rotatable bonds is 5. The lowest BCUT2D eigenvalue weighted by Crippen LogP contribution is -1.98. The predicted octanol–water partition coefficient (Wildman–Crippen LogP) is 3.16. The number of allylic oxidation sites excluding steroid dienone is 1. The molecular weight excluding hydrogens is 316 g/mol. The van der Waals surface area contributed by atoms with Crippen molar-refractivity contribution in [2.24, 2.45) is 0 Å². The topological polar surface area (TPSA) is 99.5 Å². The molecule has 0 amide bonds. The molecule has 0 spiro atoms. The first-order chi connectivity index (χ1) is 12.2. The van der Waals surface area contributed by atoms with E-state index in [4.69, 9.17) is 15.3 Å². The summed E-state index contributed by atoms with van der Waals surface area (Å²) in [5.41, 5.74) is 2.98. The second-order valence-corrected chi connectivity index (χ2v) is 5.05. The number of ether oxygens (including phenoxy) is 1. The highest BCUT2D eigenvalue weighted by Crippen LogP contribution is 2.19. The van der Waals surface area contributed by atoms with Crippen LogP contribution in [0.2, 0.25) is 0 Å². The van der Waals surface area contributed by atoms with Gasteiger partial charge in [-0.15, -0.1) is 10.2 Å². The summed E-state index contributed by atoms with van der Waals surface area (Å²) in [5, 5.41) is 29.3. The van der Waals surface area contributed by atoms with Crippen molar-refractivity contribution < 1.29 is 4.74 Å². The number of fused-ring (bicyclic) bond motifs is 1. The Kier molecular flexibility index (Phi) is 4.59. The van der Waals surface area contributed by atoms with Crippen LogP contribution in [0.4, 0.5) is 5.69 Å². The third-order valence-corrected chi connectivity index (χ3v) is 3.38. The number of hydrogen-bond donors (Lipinski definition) is 1. The molecule has 1 N–H and O–H groups in total. The molecule has 1 aromatic heterocycles. The van der Waals surface area contributed by atoms with Crippen molar-refractivity contribution in [3.63, 3.8) is 0 Å². The Morgan fingerprint density at radius 2 is 1.84 bits per heavy atom. The molecule has 0 fully saturated rings. The minimum Gasteiger partial charge on any atom is -0.494 e. The largest absolute Gasteiger partial charge is 0.494 e. The Morgan fingerprint density at radius 3 is 2.52 bits per heavy atom. The van der Waals surface area contributed by atoms with Gasteiger partial charge in [-0.1, -0.05) is 0 Å². The zero-order valence-corrected chi connectivity index (χ0v) is 13.5. The molecule has 1 heterocycles. The first-order valence-electron chi connectivity index (χ1n) is 7.60. The van der Waals surface area contributed by atoms with E-state index in [2.05, 4.69) is 15.5 Å². The molecule has 0 aliphatic heterocycles. The molecule has 7 heteroatoms. The van der Waals surface area contributed by atoms with Crippen molar-refractivity contribution in [3.8, 4) is 23.6 Å². The molecule has 0 atom stereocenters. The van der Waals surface area contributed by atoms with Gasteiger partial charge in [-0.3, -0.25) is 0 Å². The van der Waals surface area contributed by atoms with Gasteiger partial charge in [0.15, 0.2) is 0 Å². The van der Waals surface area contributed by atoms with Crippen molar-refractivity contribution in [2.45, 2.75) is 6.92 Å². The van der Waals surface area contributed by atoms with Gasteiger partial charge in [0.05, 0.1) is 12.3 Å². The second-order valence-electron chi connectivity index (χ2n) is 5.05. The molecule has 0 aliphatic carbocycles. The molecule has 122 valence electrons. The fraction of sp³-hybridized carbons (Fsp3) is 0.111. The molecule has 0 saturated carbocycles. The Balaban J connectivity index is 1.86. The summed E-state index contributed by atoms with van der Waals surface area (Å²) in [6.45, 7) is 2.56. The number of aromatic nitrogens is 3. The molecular formula is C18H14N6O. The van der Waals surface area contributed by atoms with Crippen LogP contribution < -0.4 is 10.1 Å². The highest BCUT2D eigenvalue weighted by Gasteiger charge is 2.06. The number of hydrogen-bond acceptors (Lipinski definition) is 6. The molecule has 2 aromatic carbocycles. The van der Waals surface area contributed by atoms with E-state index in [1.165, 1.54) is 6.20 Å². The quantitative estimate of drug-likeness (QED) is 0.721. The SMILES string of the molecule is CCOc1ccc(-n2nc3ccc(NC=C(C#N)C#N)cc3n2)cc1. The molecule has 3 aromatic rings. The van der Waals surface area contributed by atoms with E-state index in [1.54, 1.807) is 23.0 Å². The van der Waals surface area contributed by atoms with E-state index in [9.17, 15) is 0 Å². The zero-order valence-electron chi connectivity index (χ0n) is 13.5. The lowest BCUT2D eigenvalue weighted by atomic mass is 10.2. The highest BCUT2D eigenvalue weighted by molar-refractivity contribution is 5.78. The van der Waals surface area contributed by atoms with Gasteiger partial charge in [0.25, 0.3) is 0 Å². The Hall–Kier alpha value is -3.84. The summed E-state index contributed by atoms with van der Waals surface area (Å²) in [7, 11) is 0. The van der Waals surface area contributed by atoms with E-state index < -0.39 is 0 Å². The fourth-order valence-electron chi connectivity index (χ4n) is 2.21. The molecule has 0 saturated heterocycles. The van der Waals surface area contributed by atoms with Gasteiger partial charge in [-0.05, 0) is 49.4 Å². The van der Waals surface area contributed by atoms with Gasteiger partial charge >= 0.3 is 0 Å². The minimum absolute atomic E-state index is 0.00172. The van der Waals surface area contributed by atoms with Gasteiger partial charge in [-0.25, -0.2) is 0 Å². The van der Waals surface area contributed by atoms with E-state index in [0.717, 1.165) is 17.0 Å². The van der Waals surface area contributed by atoms with Crippen molar-refractivity contribution in [1.29, 1.82) is 10.5 Å². The maximum absolute atomic E-state index is 8.74. The maximum atomic E-state index is 8.74. The molecule has 0 unspecified atom stereocenters. The van der Waals surface area contributed by atoms with E-state index in [1.807, 2.05) is 43.3 Å². The van der Waals surface area contributed by atoms with Crippen molar-refractivity contribution in [2.75, 3.05) is 11.9 Å². The predicted molar refractivity (Wildman–Crippen MR) is 93.0 cm³/mol. The van der Waals surface area contributed by atoms with Crippen LogP contribution >= 0.6 is 0 Å². The first kappa shape index (κ1) is 16.0. The van der Waals surface area contributed by atoms with E-state index in [0.29, 0.717) is 17.8 Å². The monoisotopic (exact) mass is 330 g/mol. The molecule has 0 radical (unpaired) electrons. The first-order valence-corrected chi connectivity index (χ1v) is 7.60. The lowest BCUT2D eigenvalue weighted by Gasteiger charge is -2.03. The van der Waals surface area contributed by atoms with Crippen LogP contribution in [-0.4, -0.2) is 21.6 Å². The molecule has 7 nitrogen and oxygen atoms in total. The fourth-order valence-corrected chi connectivity index (χ4v) is 2.21. The normalized spacial score (nSPS) is 9.88. The van der Waals surface area contributed by atoms with Gasteiger partial charge in [-0.2, -0.15) is 15.3 Å². The maximum Gasteiger partial charge on any atom is 0.145 e. The van der Waals surface area contributed by atoms with Crippen LogP contribution in [-0.2, 0) is 0 Å². The lowest BCUT2D eigenvalue weighted by molar-refractivity contribution is 0.340. The van der Waals surface area contributed by atoms with Gasteiger partial charge < -0.3 is 10.1 Å². The molecule has 0 aliphatic rings.